The number of piperazine rings is 1. The van der Waals surface area contributed by atoms with Gasteiger partial charge in [0.25, 0.3) is 0 Å². The van der Waals surface area contributed by atoms with Gasteiger partial charge in [-0.1, -0.05) is 6.07 Å². The van der Waals surface area contributed by atoms with E-state index in [9.17, 15) is 13.2 Å². The first-order valence-electron chi connectivity index (χ1n) is 7.47. The van der Waals surface area contributed by atoms with Crippen LogP contribution < -0.4 is 10.2 Å². The first-order chi connectivity index (χ1) is 9.79. The molecule has 0 spiro atoms. The number of aryl methyl sites for hydroxylation is 1. The number of nitrogens with one attached hydrogen (secondary N) is 1. The lowest BCUT2D eigenvalue weighted by atomic mass is 9.92. The van der Waals surface area contributed by atoms with Crippen molar-refractivity contribution < 1.29 is 13.2 Å². The Morgan fingerprint density at radius 2 is 2.00 bits per heavy atom. The van der Waals surface area contributed by atoms with Gasteiger partial charge in [-0.2, -0.15) is 13.2 Å². The maximum atomic E-state index is 13.1. The van der Waals surface area contributed by atoms with E-state index in [0.717, 1.165) is 19.6 Å². The Morgan fingerprint density at radius 3 is 2.62 bits per heavy atom. The van der Waals surface area contributed by atoms with Crippen LogP contribution in [0.3, 0.4) is 0 Å². The zero-order valence-electron chi connectivity index (χ0n) is 12.4. The molecule has 0 bridgehead atoms. The van der Waals surface area contributed by atoms with Crippen LogP contribution in [0, 0.1) is 12.8 Å². The molecule has 1 aliphatic heterocycles. The fourth-order valence-corrected chi connectivity index (χ4v) is 3.33. The summed E-state index contributed by atoms with van der Waals surface area (Å²) >= 11 is 0. The topological polar surface area (TPSA) is 15.3 Å². The van der Waals surface area contributed by atoms with Crippen LogP contribution in [0.4, 0.5) is 18.9 Å². The second-order valence-electron chi connectivity index (χ2n) is 6.54. The predicted molar refractivity (Wildman–Crippen MR) is 77.5 cm³/mol. The third kappa shape index (κ3) is 2.89. The van der Waals surface area contributed by atoms with Crippen molar-refractivity contribution in [2.75, 3.05) is 24.5 Å². The van der Waals surface area contributed by atoms with Crippen LogP contribution in [0.15, 0.2) is 18.2 Å². The molecule has 1 saturated carbocycles. The molecule has 0 amide bonds. The quantitative estimate of drug-likeness (QED) is 0.897. The molecule has 1 atom stereocenters. The Morgan fingerprint density at radius 1 is 1.29 bits per heavy atom. The average Bonchev–Trinajstić information content (AvgIpc) is 3.22. The summed E-state index contributed by atoms with van der Waals surface area (Å²) in [5.41, 5.74) is 0.473. The molecule has 1 heterocycles. The van der Waals surface area contributed by atoms with Gasteiger partial charge in [-0.3, -0.25) is 0 Å². The molecule has 1 aliphatic carbocycles. The van der Waals surface area contributed by atoms with Crippen LogP contribution in [-0.2, 0) is 6.18 Å². The SMILES string of the molecule is Cc1ccc(N2CCNC(C)(C3CC3)C2)cc1C(F)(F)F. The van der Waals surface area contributed by atoms with E-state index in [0.29, 0.717) is 11.6 Å². The highest BCUT2D eigenvalue weighted by Gasteiger charge is 2.44. The summed E-state index contributed by atoms with van der Waals surface area (Å²) in [5, 5.41) is 3.55. The fourth-order valence-electron chi connectivity index (χ4n) is 3.33. The molecule has 2 nitrogen and oxygen atoms in total. The lowest BCUT2D eigenvalue weighted by molar-refractivity contribution is -0.138. The number of anilines is 1. The molecule has 1 N–H and O–H groups in total. The second-order valence-corrected chi connectivity index (χ2v) is 6.54. The maximum absolute atomic E-state index is 13.1. The van der Waals surface area contributed by atoms with Crippen molar-refractivity contribution in [3.63, 3.8) is 0 Å². The van der Waals surface area contributed by atoms with E-state index in [1.54, 1.807) is 6.07 Å². The number of benzene rings is 1. The van der Waals surface area contributed by atoms with Gasteiger partial charge in [-0.05, 0) is 50.3 Å². The maximum Gasteiger partial charge on any atom is 0.416 e. The van der Waals surface area contributed by atoms with Gasteiger partial charge < -0.3 is 10.2 Å². The molecular weight excluding hydrogens is 277 g/mol. The lowest BCUT2D eigenvalue weighted by Gasteiger charge is -2.43. The van der Waals surface area contributed by atoms with Gasteiger partial charge >= 0.3 is 6.18 Å². The van der Waals surface area contributed by atoms with Gasteiger partial charge in [0, 0.05) is 30.9 Å². The van der Waals surface area contributed by atoms with Gasteiger partial charge in [0.2, 0.25) is 0 Å². The molecule has 1 aromatic carbocycles. The molecular formula is C16H21F3N2. The summed E-state index contributed by atoms with van der Waals surface area (Å²) < 4.78 is 39.2. The molecule has 2 fully saturated rings. The summed E-state index contributed by atoms with van der Waals surface area (Å²) in [4.78, 5) is 2.09. The minimum Gasteiger partial charge on any atom is -0.368 e. The van der Waals surface area contributed by atoms with Gasteiger partial charge in [0.1, 0.15) is 0 Å². The van der Waals surface area contributed by atoms with E-state index >= 15 is 0 Å². The van der Waals surface area contributed by atoms with E-state index in [4.69, 9.17) is 0 Å². The summed E-state index contributed by atoms with van der Waals surface area (Å²) in [6, 6.07) is 4.69. The fraction of sp³-hybridized carbons (Fsp3) is 0.625. The smallest absolute Gasteiger partial charge is 0.368 e. The molecule has 0 aromatic heterocycles. The third-order valence-corrected chi connectivity index (χ3v) is 4.80. The molecule has 0 radical (unpaired) electrons. The molecule has 3 rings (SSSR count). The number of rotatable bonds is 2. The third-order valence-electron chi connectivity index (χ3n) is 4.80. The Hall–Kier alpha value is -1.23. The molecule has 1 saturated heterocycles. The normalized spacial score (nSPS) is 27.0. The van der Waals surface area contributed by atoms with Gasteiger partial charge in [0.05, 0.1) is 5.56 Å². The van der Waals surface area contributed by atoms with Crippen LogP contribution in [0.5, 0.6) is 0 Å². The van der Waals surface area contributed by atoms with Gasteiger partial charge in [0.15, 0.2) is 0 Å². The average molecular weight is 298 g/mol. The lowest BCUT2D eigenvalue weighted by Crippen LogP contribution is -2.60. The van der Waals surface area contributed by atoms with Crippen molar-refractivity contribution in [2.45, 2.75) is 38.4 Å². The van der Waals surface area contributed by atoms with Crippen LogP contribution in [0.25, 0.3) is 0 Å². The van der Waals surface area contributed by atoms with Crippen molar-refractivity contribution in [3.8, 4) is 0 Å². The number of halogens is 3. The molecule has 116 valence electrons. The summed E-state index contributed by atoms with van der Waals surface area (Å²) in [6.07, 6.45) is -1.84. The zero-order valence-corrected chi connectivity index (χ0v) is 12.4. The Kier molecular flexibility index (Phi) is 3.43. The Labute approximate surface area is 123 Å². The summed E-state index contributed by atoms with van der Waals surface area (Å²) in [6.45, 7) is 6.05. The molecule has 1 unspecified atom stereocenters. The zero-order chi connectivity index (χ0) is 15.3. The van der Waals surface area contributed by atoms with E-state index in [2.05, 4.69) is 17.1 Å². The van der Waals surface area contributed by atoms with Crippen LogP contribution >= 0.6 is 0 Å². The van der Waals surface area contributed by atoms with Crippen LogP contribution in [0.1, 0.15) is 30.9 Å². The van der Waals surface area contributed by atoms with Crippen molar-refractivity contribution >= 4 is 5.69 Å². The van der Waals surface area contributed by atoms with Crippen molar-refractivity contribution in [1.82, 2.24) is 5.32 Å². The highest BCUT2D eigenvalue weighted by molar-refractivity contribution is 5.52. The first kappa shape index (κ1) is 14.7. The predicted octanol–water partition coefficient (Wildman–Crippen LogP) is 3.59. The van der Waals surface area contributed by atoms with Crippen molar-refractivity contribution in [1.29, 1.82) is 0 Å². The first-order valence-corrected chi connectivity index (χ1v) is 7.47. The van der Waals surface area contributed by atoms with E-state index in [1.165, 1.54) is 25.8 Å². The van der Waals surface area contributed by atoms with E-state index in [-0.39, 0.29) is 11.1 Å². The number of nitrogens with zero attached hydrogens (tertiary/aromatic N) is 1. The second kappa shape index (κ2) is 4.90. The van der Waals surface area contributed by atoms with Crippen LogP contribution in [-0.4, -0.2) is 25.2 Å². The summed E-state index contributed by atoms with van der Waals surface area (Å²) in [7, 11) is 0. The van der Waals surface area contributed by atoms with Gasteiger partial charge in [-0.15, -0.1) is 0 Å². The Balaban J connectivity index is 1.86. The number of alkyl halides is 3. The molecule has 21 heavy (non-hydrogen) atoms. The summed E-state index contributed by atoms with van der Waals surface area (Å²) in [5.74, 6) is 0.660. The highest BCUT2D eigenvalue weighted by Crippen LogP contribution is 2.42. The molecule has 5 heteroatoms. The standard InChI is InChI=1S/C16H21F3N2/c1-11-3-6-13(9-14(11)16(17,18)19)21-8-7-20-15(2,10-21)12-4-5-12/h3,6,9,12,20H,4-5,7-8,10H2,1-2H3. The minimum atomic E-state index is -4.28. The molecule has 2 aliphatic rings. The van der Waals surface area contributed by atoms with Crippen molar-refractivity contribution in [2.24, 2.45) is 5.92 Å². The van der Waals surface area contributed by atoms with Crippen molar-refractivity contribution in [3.05, 3.63) is 29.3 Å². The number of hydrogen-bond acceptors (Lipinski definition) is 2. The van der Waals surface area contributed by atoms with Crippen LogP contribution in [0.2, 0.25) is 0 Å². The largest absolute Gasteiger partial charge is 0.416 e. The monoisotopic (exact) mass is 298 g/mol. The number of hydrogen-bond donors (Lipinski definition) is 1. The van der Waals surface area contributed by atoms with E-state index < -0.39 is 11.7 Å². The van der Waals surface area contributed by atoms with Gasteiger partial charge in [-0.25, -0.2) is 0 Å². The van der Waals surface area contributed by atoms with E-state index in [1.807, 2.05) is 6.07 Å². The molecule has 1 aromatic rings. The highest BCUT2D eigenvalue weighted by atomic mass is 19.4. The minimum absolute atomic E-state index is 0.0293. The Bertz CT molecular complexity index is 537.